The van der Waals surface area contributed by atoms with Crippen molar-refractivity contribution in [2.75, 3.05) is 27.3 Å². The zero-order valence-corrected chi connectivity index (χ0v) is 20.8. The molecule has 0 radical (unpaired) electrons. The number of H-pyrrole nitrogens is 1. The van der Waals surface area contributed by atoms with Gasteiger partial charge in [0.25, 0.3) is 0 Å². The quantitative estimate of drug-likeness (QED) is 0.321. The molecule has 1 aliphatic heterocycles. The standard InChI is InChI=1S/C27H30F3N5O2/c1-35(2)16-20-11-18(3-4-21(20)17-5-8-36-9-6-17)19-12-22-23(14-34-26(22)33-13-19)25(27(28,29)30)32-15-24-31-7-10-37-24/h3-4,7,10-14,17,25,32H,5-6,8-9,15-16H2,1-2H3,(H,33,34). The van der Waals surface area contributed by atoms with Crippen molar-refractivity contribution in [2.24, 2.45) is 0 Å². The lowest BCUT2D eigenvalue weighted by Crippen LogP contribution is -2.33. The summed E-state index contributed by atoms with van der Waals surface area (Å²) >= 11 is 0. The first-order valence-electron chi connectivity index (χ1n) is 12.3. The van der Waals surface area contributed by atoms with Crippen molar-refractivity contribution in [1.82, 2.24) is 25.2 Å². The number of hydrogen-bond acceptors (Lipinski definition) is 6. The van der Waals surface area contributed by atoms with Crippen molar-refractivity contribution >= 4 is 11.0 Å². The molecule has 1 aliphatic rings. The number of alkyl halides is 3. The van der Waals surface area contributed by atoms with E-state index in [9.17, 15) is 13.2 Å². The first kappa shape index (κ1) is 25.4. The van der Waals surface area contributed by atoms with Gasteiger partial charge in [0.15, 0.2) is 0 Å². The molecule has 5 rings (SSSR count). The Morgan fingerprint density at radius 3 is 2.65 bits per heavy atom. The minimum Gasteiger partial charge on any atom is -0.448 e. The number of ether oxygens (including phenoxy) is 1. The van der Waals surface area contributed by atoms with Crippen molar-refractivity contribution in [1.29, 1.82) is 0 Å². The number of rotatable bonds is 8. The van der Waals surface area contributed by atoms with Gasteiger partial charge in [0.2, 0.25) is 5.89 Å². The zero-order chi connectivity index (χ0) is 26.0. The fraction of sp³-hybridized carbons (Fsp3) is 0.407. The Hall–Kier alpha value is -3.21. The van der Waals surface area contributed by atoms with E-state index in [1.54, 1.807) is 12.3 Å². The summed E-state index contributed by atoms with van der Waals surface area (Å²) in [6.07, 6.45) is 3.25. The fourth-order valence-electron chi connectivity index (χ4n) is 5.02. The molecule has 37 heavy (non-hydrogen) atoms. The van der Waals surface area contributed by atoms with Crippen LogP contribution < -0.4 is 5.32 Å². The van der Waals surface area contributed by atoms with Crippen LogP contribution in [0.5, 0.6) is 0 Å². The fourth-order valence-corrected chi connectivity index (χ4v) is 5.02. The SMILES string of the molecule is CN(C)Cc1cc(-c2cnc3[nH]cc(C(NCc4ncco4)C(F)(F)F)c3c2)ccc1C1CCOCC1. The van der Waals surface area contributed by atoms with Crippen molar-refractivity contribution < 1.29 is 22.3 Å². The number of pyridine rings is 1. The van der Waals surface area contributed by atoms with E-state index in [-0.39, 0.29) is 18.0 Å². The van der Waals surface area contributed by atoms with Gasteiger partial charge in [-0.2, -0.15) is 13.2 Å². The molecular weight excluding hydrogens is 483 g/mol. The molecule has 1 aromatic carbocycles. The van der Waals surface area contributed by atoms with E-state index >= 15 is 0 Å². The molecule has 3 aromatic heterocycles. The molecule has 1 saturated heterocycles. The molecule has 0 amide bonds. The number of fused-ring (bicyclic) bond motifs is 1. The van der Waals surface area contributed by atoms with Gasteiger partial charge in [-0.3, -0.25) is 5.32 Å². The van der Waals surface area contributed by atoms with Crippen molar-refractivity contribution in [3.63, 3.8) is 0 Å². The number of aromatic nitrogens is 3. The van der Waals surface area contributed by atoms with Crippen LogP contribution >= 0.6 is 0 Å². The van der Waals surface area contributed by atoms with Crippen molar-refractivity contribution in [3.05, 3.63) is 71.7 Å². The van der Waals surface area contributed by atoms with Gasteiger partial charge in [-0.05, 0) is 61.7 Å². The first-order valence-corrected chi connectivity index (χ1v) is 12.3. The average Bonchev–Trinajstić information content (AvgIpc) is 3.54. The van der Waals surface area contributed by atoms with E-state index in [4.69, 9.17) is 9.15 Å². The summed E-state index contributed by atoms with van der Waals surface area (Å²) in [5, 5.41) is 2.96. The third kappa shape index (κ3) is 5.71. The summed E-state index contributed by atoms with van der Waals surface area (Å²) in [5.74, 6) is 0.628. The van der Waals surface area contributed by atoms with E-state index < -0.39 is 12.2 Å². The highest BCUT2D eigenvalue weighted by Gasteiger charge is 2.42. The van der Waals surface area contributed by atoms with Crippen molar-refractivity contribution in [3.8, 4) is 11.1 Å². The van der Waals surface area contributed by atoms with Crippen LogP contribution in [0.3, 0.4) is 0 Å². The smallest absolute Gasteiger partial charge is 0.407 e. The molecule has 4 heterocycles. The summed E-state index contributed by atoms with van der Waals surface area (Å²) in [4.78, 5) is 13.4. The Kier molecular flexibility index (Phi) is 7.32. The van der Waals surface area contributed by atoms with E-state index in [0.29, 0.717) is 17.0 Å². The van der Waals surface area contributed by atoms with Crippen LogP contribution in [-0.4, -0.2) is 53.3 Å². The predicted octanol–water partition coefficient (Wildman–Crippen LogP) is 5.57. The van der Waals surface area contributed by atoms with Crippen LogP contribution in [0, 0.1) is 0 Å². The van der Waals surface area contributed by atoms with Gasteiger partial charge in [0.1, 0.15) is 18.0 Å². The largest absolute Gasteiger partial charge is 0.448 e. The molecule has 1 unspecified atom stereocenters. The summed E-state index contributed by atoms with van der Waals surface area (Å²) in [6.45, 7) is 2.13. The van der Waals surface area contributed by atoms with Gasteiger partial charge in [-0.15, -0.1) is 0 Å². The molecule has 7 nitrogen and oxygen atoms in total. The number of hydrogen-bond donors (Lipinski definition) is 2. The van der Waals surface area contributed by atoms with Gasteiger partial charge in [0.05, 0.1) is 12.7 Å². The lowest BCUT2D eigenvalue weighted by Gasteiger charge is -2.26. The van der Waals surface area contributed by atoms with Gasteiger partial charge in [-0.25, -0.2) is 9.97 Å². The van der Waals surface area contributed by atoms with Crippen molar-refractivity contribution in [2.45, 2.75) is 44.1 Å². The molecule has 0 saturated carbocycles. The molecule has 1 fully saturated rings. The molecule has 0 aliphatic carbocycles. The zero-order valence-electron chi connectivity index (χ0n) is 20.8. The molecule has 4 aromatic rings. The van der Waals surface area contributed by atoms with Crippen LogP contribution in [0.1, 0.15) is 47.4 Å². The van der Waals surface area contributed by atoms with E-state index in [2.05, 4.69) is 37.3 Å². The van der Waals surface area contributed by atoms with Crippen LogP contribution in [0.25, 0.3) is 22.2 Å². The predicted molar refractivity (Wildman–Crippen MR) is 134 cm³/mol. The van der Waals surface area contributed by atoms with E-state index in [1.807, 2.05) is 20.2 Å². The second-order valence-electron chi connectivity index (χ2n) is 9.68. The number of nitrogens with one attached hydrogen (secondary N) is 2. The van der Waals surface area contributed by atoms with Gasteiger partial charge in [0, 0.05) is 48.7 Å². The Labute approximate surface area is 213 Å². The Morgan fingerprint density at radius 1 is 1.14 bits per heavy atom. The number of nitrogens with zero attached hydrogens (tertiary/aromatic N) is 3. The second kappa shape index (κ2) is 10.6. The number of oxazole rings is 1. The van der Waals surface area contributed by atoms with Gasteiger partial charge < -0.3 is 19.0 Å². The summed E-state index contributed by atoms with van der Waals surface area (Å²) < 4.78 is 52.9. The maximum Gasteiger partial charge on any atom is 0.407 e. The van der Waals surface area contributed by atoms with E-state index in [1.165, 1.54) is 29.8 Å². The monoisotopic (exact) mass is 513 g/mol. The number of benzene rings is 1. The maximum absolute atomic E-state index is 14.1. The average molecular weight is 514 g/mol. The summed E-state index contributed by atoms with van der Waals surface area (Å²) in [7, 11) is 4.06. The minimum atomic E-state index is -4.53. The topological polar surface area (TPSA) is 79.2 Å². The Morgan fingerprint density at radius 2 is 1.95 bits per heavy atom. The van der Waals surface area contributed by atoms with Gasteiger partial charge >= 0.3 is 6.18 Å². The molecule has 196 valence electrons. The highest BCUT2D eigenvalue weighted by Crippen LogP contribution is 2.38. The molecular formula is C27H30F3N5O2. The first-order chi connectivity index (χ1) is 17.8. The van der Waals surface area contributed by atoms with E-state index in [0.717, 1.165) is 43.7 Å². The molecule has 1 atom stereocenters. The summed E-state index contributed by atoms with van der Waals surface area (Å²) in [5.41, 5.74) is 4.69. The van der Waals surface area contributed by atoms with Crippen LogP contribution in [0.2, 0.25) is 0 Å². The number of aromatic amines is 1. The normalized spacial score (nSPS) is 16.1. The minimum absolute atomic E-state index is 0.0794. The van der Waals surface area contributed by atoms with Crippen LogP contribution in [-0.2, 0) is 17.8 Å². The lowest BCUT2D eigenvalue weighted by atomic mass is 9.86. The Balaban J connectivity index is 1.50. The lowest BCUT2D eigenvalue weighted by molar-refractivity contribution is -0.158. The van der Waals surface area contributed by atoms with Gasteiger partial charge in [-0.1, -0.05) is 12.1 Å². The van der Waals surface area contributed by atoms with Crippen LogP contribution in [0.15, 0.2) is 53.5 Å². The molecule has 2 N–H and O–H groups in total. The second-order valence-corrected chi connectivity index (χ2v) is 9.68. The third-order valence-electron chi connectivity index (χ3n) is 6.77. The highest BCUT2D eigenvalue weighted by atomic mass is 19.4. The third-order valence-corrected chi connectivity index (χ3v) is 6.77. The molecule has 0 spiro atoms. The molecule has 10 heteroatoms. The molecule has 0 bridgehead atoms. The maximum atomic E-state index is 14.1. The van der Waals surface area contributed by atoms with Crippen LogP contribution in [0.4, 0.5) is 13.2 Å². The highest BCUT2D eigenvalue weighted by molar-refractivity contribution is 5.85. The summed E-state index contributed by atoms with van der Waals surface area (Å²) in [6, 6.07) is 6.21. The Bertz CT molecular complexity index is 1330. The number of halogens is 3.